The van der Waals surface area contributed by atoms with Gasteiger partial charge in [-0.1, -0.05) is 71.4 Å². The first-order chi connectivity index (χ1) is 19.5. The third-order valence-corrected chi connectivity index (χ3v) is 7.52. The van der Waals surface area contributed by atoms with Crippen LogP contribution in [-0.4, -0.2) is 31.8 Å². The average Bonchev–Trinajstić information content (AvgIpc) is 3.50. The van der Waals surface area contributed by atoms with E-state index in [1.54, 1.807) is 4.90 Å². The summed E-state index contributed by atoms with van der Waals surface area (Å²) in [5.74, 6) is 0.446. The molecule has 0 bridgehead atoms. The van der Waals surface area contributed by atoms with E-state index >= 15 is 0 Å². The number of aliphatic hydroxyl groups excluding tert-OH is 1. The van der Waals surface area contributed by atoms with Crippen molar-refractivity contribution in [1.82, 2.24) is 25.9 Å². The number of nitrogens with one attached hydrogen (secondary N) is 2. The molecule has 0 saturated heterocycles. The lowest BCUT2D eigenvalue weighted by Gasteiger charge is -2.26. The second-order valence-electron chi connectivity index (χ2n) is 10.1. The number of hydrogen-bond donors (Lipinski definition) is 3. The van der Waals surface area contributed by atoms with E-state index in [1.165, 1.54) is 24.0 Å². The molecule has 0 saturated carbocycles. The molecular weight excluding hydrogens is 524 g/mol. The SMILES string of the molecule is C[C@H](NC(=O)N(Cc1ccc([C@H](O)Cc2nn[nH]n2)cc1)c1ccc(C2=CCCCC2)cc1)c1ccc(Cl)cc1. The van der Waals surface area contributed by atoms with Crippen molar-refractivity contribution in [2.24, 2.45) is 0 Å². The normalized spacial score (nSPS) is 14.7. The van der Waals surface area contributed by atoms with E-state index in [9.17, 15) is 9.90 Å². The third kappa shape index (κ3) is 6.94. The summed E-state index contributed by atoms with van der Waals surface area (Å²) in [6, 6.07) is 22.9. The Balaban J connectivity index is 1.35. The average molecular weight is 557 g/mol. The summed E-state index contributed by atoms with van der Waals surface area (Å²) in [4.78, 5) is 15.4. The summed E-state index contributed by atoms with van der Waals surface area (Å²) in [6.45, 7) is 2.32. The maximum absolute atomic E-state index is 13.7. The third-order valence-electron chi connectivity index (χ3n) is 7.27. The number of carbonyl (C=O) groups is 1. The van der Waals surface area contributed by atoms with Crippen molar-refractivity contribution in [3.05, 3.63) is 112 Å². The van der Waals surface area contributed by atoms with Gasteiger partial charge in [0.1, 0.15) is 0 Å². The molecule has 8 nitrogen and oxygen atoms in total. The lowest BCUT2D eigenvalue weighted by atomic mass is 9.93. The molecule has 1 heterocycles. The van der Waals surface area contributed by atoms with Crippen LogP contribution in [0.3, 0.4) is 0 Å². The van der Waals surface area contributed by atoms with Gasteiger partial charge in [0.05, 0.1) is 18.7 Å². The molecule has 2 atom stereocenters. The van der Waals surface area contributed by atoms with Crippen molar-refractivity contribution in [1.29, 1.82) is 0 Å². The molecule has 1 aliphatic rings. The number of benzene rings is 3. The van der Waals surface area contributed by atoms with Gasteiger partial charge >= 0.3 is 6.03 Å². The van der Waals surface area contributed by atoms with Crippen LogP contribution in [0.2, 0.25) is 5.02 Å². The number of anilines is 1. The summed E-state index contributed by atoms with van der Waals surface area (Å²) in [5, 5.41) is 28.1. The zero-order chi connectivity index (χ0) is 27.9. The van der Waals surface area contributed by atoms with Gasteiger partial charge in [-0.05, 0) is 84.7 Å². The number of amides is 2. The Hall–Kier alpha value is -4.01. The van der Waals surface area contributed by atoms with E-state index in [0.717, 1.165) is 35.2 Å². The van der Waals surface area contributed by atoms with Gasteiger partial charge in [0, 0.05) is 17.1 Å². The van der Waals surface area contributed by atoms with Crippen LogP contribution in [0.1, 0.15) is 72.8 Å². The Bertz CT molecular complexity index is 1420. The minimum atomic E-state index is -0.757. The van der Waals surface area contributed by atoms with E-state index in [0.29, 0.717) is 17.4 Å². The van der Waals surface area contributed by atoms with Crippen LogP contribution >= 0.6 is 11.6 Å². The minimum Gasteiger partial charge on any atom is -0.388 e. The number of aromatic nitrogens is 4. The number of tetrazole rings is 1. The molecule has 0 unspecified atom stereocenters. The largest absolute Gasteiger partial charge is 0.388 e. The summed E-state index contributed by atoms with van der Waals surface area (Å²) in [5.41, 5.74) is 6.03. The first kappa shape index (κ1) is 27.6. The zero-order valence-electron chi connectivity index (χ0n) is 22.4. The highest BCUT2D eigenvalue weighted by molar-refractivity contribution is 6.30. The standard InChI is InChI=1S/C31H33ClN6O2/c1-21(23-11-15-27(32)16-12-23)33-31(40)38(28-17-13-25(14-18-28)24-5-3-2-4-6-24)20-22-7-9-26(10-8-22)29(39)19-30-34-36-37-35-30/h5,7-18,21,29,39H,2-4,6,19-20H2,1H3,(H,33,40)(H,34,35,36,37)/t21-,29+/m0/s1. The smallest absolute Gasteiger partial charge is 0.322 e. The molecular formula is C31H33ClN6O2. The van der Waals surface area contributed by atoms with E-state index in [2.05, 4.69) is 44.1 Å². The Kier molecular flexibility index (Phi) is 8.88. The number of aliphatic hydroxyl groups is 1. The molecule has 2 amide bonds. The fourth-order valence-electron chi connectivity index (χ4n) is 4.92. The fraction of sp³-hybridized carbons (Fsp3) is 0.290. The van der Waals surface area contributed by atoms with Gasteiger partial charge in [-0.25, -0.2) is 4.79 Å². The van der Waals surface area contributed by atoms with Crippen molar-refractivity contribution in [3.63, 3.8) is 0 Å². The van der Waals surface area contributed by atoms with E-state index in [4.69, 9.17) is 11.6 Å². The van der Waals surface area contributed by atoms with Crippen molar-refractivity contribution in [2.45, 2.75) is 57.7 Å². The van der Waals surface area contributed by atoms with Gasteiger partial charge in [-0.15, -0.1) is 10.2 Å². The fourth-order valence-corrected chi connectivity index (χ4v) is 5.05. The van der Waals surface area contributed by atoms with Crippen molar-refractivity contribution >= 4 is 28.9 Å². The van der Waals surface area contributed by atoms with Crippen LogP contribution in [0.5, 0.6) is 0 Å². The van der Waals surface area contributed by atoms with Crippen LogP contribution in [0.4, 0.5) is 10.5 Å². The zero-order valence-corrected chi connectivity index (χ0v) is 23.2. The second-order valence-corrected chi connectivity index (χ2v) is 10.6. The molecule has 1 aliphatic carbocycles. The molecule has 3 aromatic carbocycles. The lowest BCUT2D eigenvalue weighted by molar-refractivity contribution is 0.176. The van der Waals surface area contributed by atoms with Gasteiger partial charge in [0.15, 0.2) is 5.82 Å². The maximum atomic E-state index is 13.7. The molecule has 3 N–H and O–H groups in total. The predicted molar refractivity (Wildman–Crippen MR) is 157 cm³/mol. The highest BCUT2D eigenvalue weighted by atomic mass is 35.5. The number of carbonyl (C=O) groups excluding carboxylic acids is 1. The minimum absolute atomic E-state index is 0.201. The Labute approximate surface area is 239 Å². The van der Waals surface area contributed by atoms with Crippen molar-refractivity contribution in [3.8, 4) is 0 Å². The molecule has 0 aliphatic heterocycles. The number of halogens is 1. The molecule has 9 heteroatoms. The highest BCUT2D eigenvalue weighted by Gasteiger charge is 2.20. The number of allylic oxidation sites excluding steroid dienone is 2. The van der Waals surface area contributed by atoms with Gasteiger partial charge in [0.25, 0.3) is 0 Å². The first-order valence-electron chi connectivity index (χ1n) is 13.6. The van der Waals surface area contributed by atoms with Gasteiger partial charge in [-0.2, -0.15) is 5.21 Å². The maximum Gasteiger partial charge on any atom is 0.322 e. The van der Waals surface area contributed by atoms with Crippen LogP contribution < -0.4 is 10.2 Å². The van der Waals surface area contributed by atoms with Crippen LogP contribution in [0.25, 0.3) is 5.57 Å². The Morgan fingerprint density at radius 1 is 1.02 bits per heavy atom. The molecule has 4 aromatic rings. The summed E-state index contributed by atoms with van der Waals surface area (Å²) >= 11 is 6.05. The Morgan fingerprint density at radius 2 is 1.75 bits per heavy atom. The first-order valence-corrected chi connectivity index (χ1v) is 14.0. The summed E-state index contributed by atoms with van der Waals surface area (Å²) in [7, 11) is 0. The van der Waals surface area contributed by atoms with Crippen LogP contribution in [-0.2, 0) is 13.0 Å². The number of urea groups is 1. The van der Waals surface area contributed by atoms with Gasteiger partial charge < -0.3 is 10.4 Å². The van der Waals surface area contributed by atoms with E-state index in [1.807, 2.05) is 67.6 Å². The number of H-pyrrole nitrogens is 1. The monoisotopic (exact) mass is 556 g/mol. The van der Waals surface area contributed by atoms with Crippen LogP contribution in [0, 0.1) is 0 Å². The number of hydrogen-bond acceptors (Lipinski definition) is 5. The summed E-state index contributed by atoms with van der Waals surface area (Å²) in [6.07, 6.45) is 6.49. The molecule has 0 radical (unpaired) electrons. The molecule has 40 heavy (non-hydrogen) atoms. The second kappa shape index (κ2) is 12.9. The molecule has 5 rings (SSSR count). The van der Waals surface area contributed by atoms with Crippen molar-refractivity contribution < 1.29 is 9.90 Å². The highest BCUT2D eigenvalue weighted by Crippen LogP contribution is 2.29. The van der Waals surface area contributed by atoms with Gasteiger partial charge in [0.2, 0.25) is 0 Å². The van der Waals surface area contributed by atoms with E-state index in [-0.39, 0.29) is 18.5 Å². The topological polar surface area (TPSA) is 107 Å². The van der Waals surface area contributed by atoms with Crippen LogP contribution in [0.15, 0.2) is 78.9 Å². The van der Waals surface area contributed by atoms with Gasteiger partial charge in [-0.3, -0.25) is 4.90 Å². The van der Waals surface area contributed by atoms with E-state index < -0.39 is 6.10 Å². The molecule has 206 valence electrons. The molecule has 0 spiro atoms. The quantitative estimate of drug-likeness (QED) is 0.216. The Morgan fingerprint density at radius 3 is 2.40 bits per heavy atom. The predicted octanol–water partition coefficient (Wildman–Crippen LogP) is 6.56. The summed E-state index contributed by atoms with van der Waals surface area (Å²) < 4.78 is 0. The molecule has 0 fully saturated rings. The number of aromatic amines is 1. The molecule has 1 aromatic heterocycles. The lowest BCUT2D eigenvalue weighted by Crippen LogP contribution is -2.40. The van der Waals surface area contributed by atoms with Crippen molar-refractivity contribution in [2.75, 3.05) is 4.90 Å². The number of nitrogens with zero attached hydrogens (tertiary/aromatic N) is 4. The number of rotatable bonds is 9.